The third-order valence-corrected chi connectivity index (χ3v) is 2.24. The van der Waals surface area contributed by atoms with Crippen LogP contribution in [-0.2, 0) is 0 Å². The number of nitrogens with zero attached hydrogens (tertiary/aromatic N) is 2. The van der Waals surface area contributed by atoms with Crippen molar-refractivity contribution in [3.63, 3.8) is 0 Å². The number of benzene rings is 1. The molecule has 0 saturated heterocycles. The third-order valence-electron chi connectivity index (χ3n) is 2.24. The zero-order chi connectivity index (χ0) is 13.0. The molecular weight excluding hydrogens is 224 g/mol. The minimum absolute atomic E-state index is 0.259. The van der Waals surface area contributed by atoms with E-state index in [1.807, 2.05) is 0 Å². The molecule has 0 saturated carbocycles. The first kappa shape index (κ1) is 12.7. The fraction of sp³-hybridized carbons (Fsp3) is 0.182. The first-order valence-corrected chi connectivity index (χ1v) is 4.81. The Kier molecular flexibility index (Phi) is 3.82. The van der Waals surface area contributed by atoms with Gasteiger partial charge in [-0.25, -0.2) is 4.79 Å². The van der Waals surface area contributed by atoms with Gasteiger partial charge in [-0.15, -0.1) is 6.58 Å². The number of hydrogen-bond donors (Lipinski definition) is 1. The highest BCUT2D eigenvalue weighted by Gasteiger charge is 2.25. The van der Waals surface area contributed by atoms with Gasteiger partial charge in [0.2, 0.25) is 0 Å². The second-order valence-electron chi connectivity index (χ2n) is 3.40. The Hall–Kier alpha value is -2.37. The summed E-state index contributed by atoms with van der Waals surface area (Å²) in [7, 11) is 1.63. The number of nitro benzene ring substituents is 1. The van der Waals surface area contributed by atoms with Gasteiger partial charge in [0.1, 0.15) is 11.3 Å². The zero-order valence-electron chi connectivity index (χ0n) is 9.29. The average Bonchev–Trinajstić information content (AvgIpc) is 2.28. The molecule has 0 aliphatic rings. The molecule has 0 aliphatic carbocycles. The maximum Gasteiger partial charge on any atom is 0.342 e. The number of carbonyl (C=O) groups is 1. The van der Waals surface area contributed by atoms with Crippen LogP contribution in [0.5, 0.6) is 0 Å². The Morgan fingerprint density at radius 1 is 1.65 bits per heavy atom. The number of nitro groups is 1. The van der Waals surface area contributed by atoms with E-state index in [1.165, 1.54) is 18.2 Å². The van der Waals surface area contributed by atoms with Gasteiger partial charge in [0.15, 0.2) is 0 Å². The summed E-state index contributed by atoms with van der Waals surface area (Å²) in [6.45, 7) is 3.92. The first-order valence-electron chi connectivity index (χ1n) is 4.81. The van der Waals surface area contributed by atoms with Gasteiger partial charge in [-0.2, -0.15) is 0 Å². The molecule has 0 fully saturated rings. The van der Waals surface area contributed by atoms with E-state index >= 15 is 0 Å². The van der Waals surface area contributed by atoms with E-state index in [4.69, 9.17) is 5.11 Å². The lowest BCUT2D eigenvalue weighted by Gasteiger charge is -2.17. The SMILES string of the molecule is C=CCN(C)c1cccc(C(=O)O)c1[N+](=O)[O-]. The summed E-state index contributed by atoms with van der Waals surface area (Å²) in [4.78, 5) is 22.7. The number of aromatic carboxylic acids is 1. The van der Waals surface area contributed by atoms with Crippen LogP contribution in [0.25, 0.3) is 0 Å². The lowest BCUT2D eigenvalue weighted by molar-refractivity contribution is -0.384. The fourth-order valence-electron chi connectivity index (χ4n) is 1.50. The Labute approximate surface area is 97.9 Å². The molecule has 17 heavy (non-hydrogen) atoms. The first-order chi connectivity index (χ1) is 7.99. The Balaban J connectivity index is 3.39. The number of para-hydroxylation sites is 1. The van der Waals surface area contributed by atoms with Crippen molar-refractivity contribution in [1.82, 2.24) is 0 Å². The maximum atomic E-state index is 10.9. The molecule has 0 atom stereocenters. The summed E-state index contributed by atoms with van der Waals surface area (Å²) in [5, 5.41) is 19.9. The summed E-state index contributed by atoms with van der Waals surface area (Å²) in [5.41, 5.74) is -0.456. The molecule has 0 amide bonds. The maximum absolute atomic E-state index is 10.9. The average molecular weight is 236 g/mol. The molecule has 0 spiro atoms. The van der Waals surface area contributed by atoms with E-state index in [0.717, 1.165) is 0 Å². The van der Waals surface area contributed by atoms with Crippen LogP contribution < -0.4 is 4.90 Å². The largest absolute Gasteiger partial charge is 0.477 e. The summed E-state index contributed by atoms with van der Waals surface area (Å²) >= 11 is 0. The normalized spacial score (nSPS) is 9.71. The van der Waals surface area contributed by atoms with Crippen LogP contribution in [0.4, 0.5) is 11.4 Å². The third kappa shape index (κ3) is 2.60. The molecule has 0 aromatic heterocycles. The van der Waals surface area contributed by atoms with E-state index in [-0.39, 0.29) is 11.3 Å². The van der Waals surface area contributed by atoms with Crippen molar-refractivity contribution >= 4 is 17.3 Å². The standard InChI is InChI=1S/C11H12N2O4/c1-3-7-12(2)9-6-4-5-8(11(14)15)10(9)13(16)17/h3-6H,1,7H2,2H3,(H,14,15). The van der Waals surface area contributed by atoms with Crippen LogP contribution in [0.1, 0.15) is 10.4 Å². The number of rotatable bonds is 5. The fourth-order valence-corrected chi connectivity index (χ4v) is 1.50. The summed E-state index contributed by atoms with van der Waals surface area (Å²) in [5.74, 6) is -1.31. The van der Waals surface area contributed by atoms with Crippen molar-refractivity contribution in [2.24, 2.45) is 0 Å². The van der Waals surface area contributed by atoms with Gasteiger partial charge in [-0.05, 0) is 12.1 Å². The van der Waals surface area contributed by atoms with Crippen molar-refractivity contribution in [3.05, 3.63) is 46.5 Å². The minimum Gasteiger partial charge on any atom is -0.477 e. The molecule has 1 rings (SSSR count). The highest BCUT2D eigenvalue weighted by atomic mass is 16.6. The molecule has 6 nitrogen and oxygen atoms in total. The molecule has 1 aromatic carbocycles. The van der Waals surface area contributed by atoms with Gasteiger partial charge in [0.25, 0.3) is 0 Å². The van der Waals surface area contributed by atoms with Crippen LogP contribution in [-0.4, -0.2) is 29.6 Å². The van der Waals surface area contributed by atoms with Gasteiger partial charge < -0.3 is 10.0 Å². The number of hydrogen-bond acceptors (Lipinski definition) is 4. The topological polar surface area (TPSA) is 83.7 Å². The van der Waals surface area contributed by atoms with Gasteiger partial charge in [0, 0.05) is 13.6 Å². The second kappa shape index (κ2) is 5.11. The highest BCUT2D eigenvalue weighted by molar-refractivity contribution is 5.95. The molecular formula is C11H12N2O4. The molecule has 0 radical (unpaired) electrons. The van der Waals surface area contributed by atoms with E-state index in [0.29, 0.717) is 6.54 Å². The van der Waals surface area contributed by atoms with Crippen molar-refractivity contribution in [1.29, 1.82) is 0 Å². The van der Waals surface area contributed by atoms with E-state index in [1.54, 1.807) is 18.0 Å². The van der Waals surface area contributed by atoms with Crippen molar-refractivity contribution in [2.75, 3.05) is 18.5 Å². The van der Waals surface area contributed by atoms with Gasteiger partial charge in [-0.1, -0.05) is 12.1 Å². The van der Waals surface area contributed by atoms with E-state index < -0.39 is 16.6 Å². The van der Waals surface area contributed by atoms with Crippen molar-refractivity contribution < 1.29 is 14.8 Å². The van der Waals surface area contributed by atoms with Crippen LogP contribution in [0.2, 0.25) is 0 Å². The van der Waals surface area contributed by atoms with Crippen molar-refractivity contribution in [3.8, 4) is 0 Å². The number of carboxylic acid groups (broad SMARTS) is 1. The van der Waals surface area contributed by atoms with Crippen LogP contribution in [0.3, 0.4) is 0 Å². The second-order valence-corrected chi connectivity index (χ2v) is 3.40. The zero-order valence-corrected chi connectivity index (χ0v) is 9.29. The number of likely N-dealkylation sites (N-methyl/N-ethyl adjacent to an activating group) is 1. The van der Waals surface area contributed by atoms with E-state index in [9.17, 15) is 14.9 Å². The summed E-state index contributed by atoms with van der Waals surface area (Å²) in [6, 6.07) is 4.20. The minimum atomic E-state index is -1.31. The molecule has 0 aliphatic heterocycles. The predicted molar refractivity (Wildman–Crippen MR) is 63.5 cm³/mol. The monoisotopic (exact) mass is 236 g/mol. The van der Waals surface area contributed by atoms with Crippen LogP contribution >= 0.6 is 0 Å². The van der Waals surface area contributed by atoms with Crippen LogP contribution in [0.15, 0.2) is 30.9 Å². The Morgan fingerprint density at radius 3 is 2.76 bits per heavy atom. The van der Waals surface area contributed by atoms with E-state index in [2.05, 4.69) is 6.58 Å². The summed E-state index contributed by atoms with van der Waals surface area (Å²) in [6.07, 6.45) is 1.58. The molecule has 6 heteroatoms. The number of anilines is 1. The lowest BCUT2D eigenvalue weighted by atomic mass is 10.1. The quantitative estimate of drug-likeness (QED) is 0.479. The van der Waals surface area contributed by atoms with Gasteiger partial charge in [0.05, 0.1) is 4.92 Å². The van der Waals surface area contributed by atoms with Gasteiger partial charge >= 0.3 is 11.7 Å². The molecule has 0 unspecified atom stereocenters. The number of carboxylic acids is 1. The van der Waals surface area contributed by atoms with Gasteiger partial charge in [-0.3, -0.25) is 10.1 Å². The molecule has 1 aromatic rings. The molecule has 1 N–H and O–H groups in total. The molecule has 90 valence electrons. The predicted octanol–water partition coefficient (Wildman–Crippen LogP) is 1.92. The highest BCUT2D eigenvalue weighted by Crippen LogP contribution is 2.31. The molecule has 0 heterocycles. The summed E-state index contributed by atoms with van der Waals surface area (Å²) < 4.78 is 0. The van der Waals surface area contributed by atoms with Crippen molar-refractivity contribution in [2.45, 2.75) is 0 Å². The molecule has 0 bridgehead atoms. The smallest absolute Gasteiger partial charge is 0.342 e. The Morgan fingerprint density at radius 2 is 2.29 bits per heavy atom. The lowest BCUT2D eigenvalue weighted by Crippen LogP contribution is -2.19. The Bertz CT molecular complexity index is 471. The van der Waals surface area contributed by atoms with Crippen LogP contribution in [0, 0.1) is 10.1 Å².